The van der Waals surface area contributed by atoms with Gasteiger partial charge in [0.25, 0.3) is 0 Å². The highest BCUT2D eigenvalue weighted by Gasteiger charge is 2.38. The summed E-state index contributed by atoms with van der Waals surface area (Å²) >= 11 is 0. The number of guanidine groups is 1. The number of phenolic OH excluding ortho intramolecular Hbond substituents is 1. The van der Waals surface area contributed by atoms with Crippen LogP contribution in [-0.2, 0) is 44.8 Å². The second-order valence-corrected chi connectivity index (χ2v) is 12.0. The van der Waals surface area contributed by atoms with Gasteiger partial charge in [-0.3, -0.25) is 38.6 Å². The molecule has 0 spiro atoms. The first kappa shape index (κ1) is 43.1. The molecule has 1 aliphatic heterocycles. The Bertz CT molecular complexity index is 1520. The number of likely N-dealkylation sites (tertiary alicyclic amines) is 1. The van der Waals surface area contributed by atoms with Gasteiger partial charge in [-0.2, -0.15) is 0 Å². The molecule has 0 aromatic heterocycles. The molecule has 0 unspecified atom stereocenters. The first-order valence-corrected chi connectivity index (χ1v) is 16.4. The molecule has 1 saturated heterocycles. The van der Waals surface area contributed by atoms with Crippen molar-refractivity contribution in [2.24, 2.45) is 22.2 Å². The van der Waals surface area contributed by atoms with Gasteiger partial charge in [-0.1, -0.05) is 12.1 Å². The molecule has 0 bridgehead atoms. The summed E-state index contributed by atoms with van der Waals surface area (Å²) in [6, 6.07) is -0.915. The van der Waals surface area contributed by atoms with Crippen LogP contribution in [0.2, 0.25) is 0 Å². The smallest absolute Gasteiger partial charge is 0.326 e. The van der Waals surface area contributed by atoms with E-state index in [0.29, 0.717) is 12.0 Å². The van der Waals surface area contributed by atoms with Crippen LogP contribution in [0.5, 0.6) is 5.75 Å². The van der Waals surface area contributed by atoms with E-state index in [1.54, 1.807) is 12.1 Å². The van der Waals surface area contributed by atoms with Gasteiger partial charge in [0.15, 0.2) is 5.96 Å². The van der Waals surface area contributed by atoms with Crippen LogP contribution in [0.3, 0.4) is 0 Å². The summed E-state index contributed by atoms with van der Waals surface area (Å²) < 4.78 is 0. The van der Waals surface area contributed by atoms with Gasteiger partial charge in [-0.05, 0) is 49.8 Å². The highest BCUT2D eigenvalue weighted by atomic mass is 16.4. The zero-order valence-corrected chi connectivity index (χ0v) is 28.7. The van der Waals surface area contributed by atoms with E-state index < -0.39 is 104 Å². The number of nitrogens with zero attached hydrogens (tertiary/aromatic N) is 2. The highest BCUT2D eigenvalue weighted by Crippen LogP contribution is 2.18. The van der Waals surface area contributed by atoms with Crippen LogP contribution in [-0.4, -0.2) is 142 Å². The molecular formula is C31H46N10O12. The molecular weight excluding hydrogens is 704 g/mol. The topological polar surface area (TPSA) is 371 Å². The van der Waals surface area contributed by atoms with Crippen molar-refractivity contribution in [3.63, 3.8) is 0 Å². The normalized spacial score (nSPS) is 15.8. The van der Waals surface area contributed by atoms with Crippen molar-refractivity contribution in [2.75, 3.05) is 32.8 Å². The molecule has 2 rings (SSSR count). The summed E-state index contributed by atoms with van der Waals surface area (Å²) in [4.78, 5) is 104. The molecule has 22 heteroatoms. The molecule has 1 aromatic rings. The van der Waals surface area contributed by atoms with E-state index >= 15 is 0 Å². The lowest BCUT2D eigenvalue weighted by Crippen LogP contribution is -2.58. The Kier molecular flexibility index (Phi) is 17.4. The lowest BCUT2D eigenvalue weighted by atomic mass is 10.1. The number of carboxylic acid groups (broad SMARTS) is 2. The third-order valence-electron chi connectivity index (χ3n) is 7.82. The number of aromatic hydroxyl groups is 1. The average molecular weight is 751 g/mol. The van der Waals surface area contributed by atoms with E-state index in [1.807, 2.05) is 0 Å². The molecule has 1 aliphatic rings. The van der Waals surface area contributed by atoms with Gasteiger partial charge < -0.3 is 69.1 Å². The zero-order valence-electron chi connectivity index (χ0n) is 28.7. The van der Waals surface area contributed by atoms with Crippen LogP contribution >= 0.6 is 0 Å². The number of rotatable bonds is 21. The SMILES string of the molecule is NC(N)=NCCC[C@H](NC(=O)CNC(=O)[C@@H](N)Cc1ccc(O)cc1)C(=O)NCC(=O)N[C@@H](CC(=O)O)C(=O)N[C@@H](CO)C(=O)N1CCC[C@H]1C(=O)O. The number of aliphatic imine (C=N–C) groups is 1. The number of carbonyl (C=O) groups excluding carboxylic acids is 6. The van der Waals surface area contributed by atoms with E-state index in [2.05, 4.69) is 31.6 Å². The summed E-state index contributed by atoms with van der Waals surface area (Å²) in [5.74, 6) is -8.47. The van der Waals surface area contributed by atoms with Crippen LogP contribution in [0, 0.1) is 0 Å². The minimum Gasteiger partial charge on any atom is -0.508 e. The number of aliphatic carboxylic acids is 2. The van der Waals surface area contributed by atoms with Crippen LogP contribution in [0.25, 0.3) is 0 Å². The van der Waals surface area contributed by atoms with Crippen molar-refractivity contribution in [1.29, 1.82) is 0 Å². The molecule has 6 amide bonds. The summed E-state index contributed by atoms with van der Waals surface area (Å²) in [5.41, 5.74) is 17.2. The zero-order chi connectivity index (χ0) is 39.7. The van der Waals surface area contributed by atoms with Crippen molar-refractivity contribution < 1.29 is 58.8 Å². The molecule has 15 N–H and O–H groups in total. The summed E-state index contributed by atoms with van der Waals surface area (Å²) in [7, 11) is 0. The first-order chi connectivity index (χ1) is 25.0. The van der Waals surface area contributed by atoms with E-state index in [1.165, 1.54) is 12.1 Å². The third-order valence-corrected chi connectivity index (χ3v) is 7.82. The molecule has 1 fully saturated rings. The van der Waals surface area contributed by atoms with Crippen molar-refractivity contribution in [1.82, 2.24) is 31.5 Å². The van der Waals surface area contributed by atoms with E-state index in [4.69, 9.17) is 17.2 Å². The number of benzene rings is 1. The van der Waals surface area contributed by atoms with E-state index in [9.17, 15) is 58.8 Å². The molecule has 53 heavy (non-hydrogen) atoms. The minimum atomic E-state index is -1.79. The van der Waals surface area contributed by atoms with Crippen LogP contribution in [0.15, 0.2) is 29.3 Å². The lowest BCUT2D eigenvalue weighted by Gasteiger charge is -2.27. The molecule has 1 heterocycles. The second kappa shape index (κ2) is 21.4. The molecule has 0 radical (unpaired) electrons. The number of aliphatic hydroxyl groups is 1. The van der Waals surface area contributed by atoms with Crippen LogP contribution in [0.1, 0.15) is 37.7 Å². The Balaban J connectivity index is 2.00. The van der Waals surface area contributed by atoms with Crippen molar-refractivity contribution in [3.8, 4) is 5.75 Å². The fourth-order valence-electron chi connectivity index (χ4n) is 5.16. The maximum absolute atomic E-state index is 13.0. The van der Waals surface area contributed by atoms with Crippen molar-refractivity contribution in [2.45, 2.75) is 68.7 Å². The van der Waals surface area contributed by atoms with E-state index in [0.717, 1.165) is 4.90 Å². The number of amides is 6. The summed E-state index contributed by atoms with van der Waals surface area (Å²) in [6.45, 7) is -2.20. The van der Waals surface area contributed by atoms with Gasteiger partial charge in [0.1, 0.15) is 29.9 Å². The fourth-order valence-corrected chi connectivity index (χ4v) is 5.16. The number of hydrogen-bond acceptors (Lipinski definition) is 12. The molecule has 5 atom stereocenters. The minimum absolute atomic E-state index is 0.0323. The largest absolute Gasteiger partial charge is 0.508 e. The predicted octanol–water partition coefficient (Wildman–Crippen LogP) is -5.46. The first-order valence-electron chi connectivity index (χ1n) is 16.4. The molecule has 0 saturated carbocycles. The Labute approximate surface area is 302 Å². The quantitative estimate of drug-likeness (QED) is 0.0317. The van der Waals surface area contributed by atoms with Gasteiger partial charge in [-0.15, -0.1) is 0 Å². The van der Waals surface area contributed by atoms with Crippen LogP contribution in [0.4, 0.5) is 0 Å². The van der Waals surface area contributed by atoms with Crippen LogP contribution < -0.4 is 43.8 Å². The maximum atomic E-state index is 13.0. The van der Waals surface area contributed by atoms with Gasteiger partial charge in [-0.25, -0.2) is 4.79 Å². The van der Waals surface area contributed by atoms with Gasteiger partial charge in [0, 0.05) is 13.1 Å². The predicted molar refractivity (Wildman–Crippen MR) is 183 cm³/mol. The molecule has 0 aliphatic carbocycles. The third kappa shape index (κ3) is 15.0. The molecule has 1 aromatic carbocycles. The summed E-state index contributed by atoms with van der Waals surface area (Å²) in [6.07, 6.45) is -0.189. The summed E-state index contributed by atoms with van der Waals surface area (Å²) in [5, 5.41) is 49.1. The number of nitrogens with one attached hydrogen (secondary N) is 5. The fraction of sp³-hybridized carbons (Fsp3) is 0.516. The standard InChI is InChI=1S/C31H46N10O12/c32-18(11-16-5-7-17(43)8-6-16)26(48)36-13-23(44)38-19(3-1-9-35-31(33)34)27(49)37-14-24(45)39-20(12-25(46)47)28(50)40-21(15-42)29(51)41-10-2-4-22(41)30(52)53/h5-8,18-22,42-43H,1-4,9-15,32H2,(H,36,48)(H,37,49)(H,38,44)(H,39,45)(H,40,50)(H,46,47)(H,52,53)(H4,33,34,35)/t18-,19-,20-,21-,22-/m0/s1. The second-order valence-electron chi connectivity index (χ2n) is 12.0. The number of carboxylic acids is 2. The lowest BCUT2D eigenvalue weighted by molar-refractivity contribution is -0.150. The number of hydrogen-bond donors (Lipinski definition) is 12. The Hall–Kier alpha value is -6.03. The van der Waals surface area contributed by atoms with Crippen molar-refractivity contribution in [3.05, 3.63) is 29.8 Å². The number of nitrogens with two attached hydrogens (primary N) is 3. The van der Waals surface area contributed by atoms with E-state index in [-0.39, 0.29) is 50.5 Å². The number of carbonyl (C=O) groups is 8. The van der Waals surface area contributed by atoms with Gasteiger partial charge in [0.05, 0.1) is 32.2 Å². The Morgan fingerprint density at radius 3 is 2.02 bits per heavy atom. The molecule has 292 valence electrons. The van der Waals surface area contributed by atoms with Gasteiger partial charge in [0.2, 0.25) is 35.4 Å². The van der Waals surface area contributed by atoms with Crippen molar-refractivity contribution >= 4 is 53.3 Å². The highest BCUT2D eigenvalue weighted by molar-refractivity contribution is 5.96. The number of aliphatic hydroxyl groups excluding tert-OH is 1. The Morgan fingerprint density at radius 2 is 1.45 bits per heavy atom. The number of phenols is 1. The molecule has 22 nitrogen and oxygen atoms in total. The maximum Gasteiger partial charge on any atom is 0.326 e. The monoisotopic (exact) mass is 750 g/mol. The Morgan fingerprint density at radius 1 is 0.849 bits per heavy atom. The van der Waals surface area contributed by atoms with Gasteiger partial charge >= 0.3 is 11.9 Å². The average Bonchev–Trinajstić information content (AvgIpc) is 3.60.